The number of carbonyl (C=O) groups is 1. The van der Waals surface area contributed by atoms with Crippen LogP contribution < -0.4 is 18.5 Å². The molecule has 43 heavy (non-hydrogen) atoms. The minimum Gasteiger partial charge on any atom is -0.497 e. The van der Waals surface area contributed by atoms with Crippen molar-refractivity contribution < 1.29 is 32.5 Å². The molecule has 0 saturated carbocycles. The van der Waals surface area contributed by atoms with E-state index in [4.69, 9.17) is 14.2 Å². The molecule has 1 saturated heterocycles. The van der Waals surface area contributed by atoms with Crippen molar-refractivity contribution in [3.8, 4) is 17.2 Å². The Kier molecular flexibility index (Phi) is 9.77. The number of unbranched alkanes of at least 4 members (excludes halogenated alkanes) is 3. The van der Waals surface area contributed by atoms with Crippen molar-refractivity contribution in [2.24, 2.45) is 5.92 Å². The molecule has 1 fully saturated rings. The Balaban J connectivity index is 1.47. The first-order chi connectivity index (χ1) is 20.8. The summed E-state index contributed by atoms with van der Waals surface area (Å²) in [5.41, 5.74) is 2.30. The van der Waals surface area contributed by atoms with Gasteiger partial charge in [-0.15, -0.1) is 0 Å². The summed E-state index contributed by atoms with van der Waals surface area (Å²) < 4.78 is 45.2. The summed E-state index contributed by atoms with van der Waals surface area (Å²) in [6, 6.07) is 21.7. The number of para-hydroxylation sites is 1. The maximum absolute atomic E-state index is 13.7. The molecule has 3 aromatic rings. The number of anilines is 1. The first kappa shape index (κ1) is 30.7. The van der Waals surface area contributed by atoms with Gasteiger partial charge < -0.3 is 19.3 Å². The Hall–Kier alpha value is -3.76. The molecule has 0 bridgehead atoms. The van der Waals surface area contributed by atoms with Crippen molar-refractivity contribution in [2.45, 2.75) is 44.6 Å². The van der Waals surface area contributed by atoms with Crippen LogP contribution >= 0.6 is 0 Å². The van der Waals surface area contributed by atoms with E-state index in [2.05, 4.69) is 11.8 Å². The highest BCUT2D eigenvalue weighted by Crippen LogP contribution is 2.47. The number of nitrogens with zero attached hydrogens (tertiary/aromatic N) is 2. The number of aliphatic carboxylic acids is 1. The highest BCUT2D eigenvalue weighted by molar-refractivity contribution is 7.92. The molecule has 230 valence electrons. The van der Waals surface area contributed by atoms with Crippen LogP contribution in [-0.2, 0) is 14.8 Å². The van der Waals surface area contributed by atoms with Crippen molar-refractivity contribution in [1.29, 1.82) is 0 Å². The highest BCUT2D eigenvalue weighted by atomic mass is 32.2. The van der Waals surface area contributed by atoms with Crippen LogP contribution in [-0.4, -0.2) is 63.7 Å². The van der Waals surface area contributed by atoms with Gasteiger partial charge in [-0.05, 0) is 53.9 Å². The second kappa shape index (κ2) is 13.7. The number of methoxy groups -OCH3 is 1. The monoisotopic (exact) mass is 608 g/mol. The standard InChI is InChI=1S/C33H40N2O7S/c1-3-4-5-9-20-43(38,39)35(26-10-7-6-8-11-26)19-18-34-22-28(25-14-17-29-30(21-25)42-23-41-29)31(33(36)37)32(34)24-12-15-27(40-2)16-13-24/h6-8,10-17,21,28,31-32H,3-5,9,18-20,22-23H2,1-2H3,(H,36,37). The summed E-state index contributed by atoms with van der Waals surface area (Å²) in [4.78, 5) is 15.1. The molecule has 3 aromatic carbocycles. The molecular weight excluding hydrogens is 568 g/mol. The van der Waals surface area contributed by atoms with Crippen LogP contribution in [0.4, 0.5) is 5.69 Å². The van der Waals surface area contributed by atoms with Crippen molar-refractivity contribution in [1.82, 2.24) is 4.90 Å². The number of carboxylic acid groups (broad SMARTS) is 1. The summed E-state index contributed by atoms with van der Waals surface area (Å²) in [5.74, 6) is -0.0438. The molecule has 0 radical (unpaired) electrons. The molecule has 0 spiro atoms. The average Bonchev–Trinajstić information content (AvgIpc) is 3.64. The van der Waals surface area contributed by atoms with Crippen LogP contribution in [0.15, 0.2) is 72.8 Å². The topological polar surface area (TPSA) is 106 Å². The molecule has 0 amide bonds. The Bertz CT molecular complexity index is 1480. The minimum absolute atomic E-state index is 0.0708. The van der Waals surface area contributed by atoms with Crippen LogP contribution in [0.2, 0.25) is 0 Å². The molecule has 10 heteroatoms. The zero-order chi connectivity index (χ0) is 30.4. The number of rotatable bonds is 14. The van der Waals surface area contributed by atoms with Crippen LogP contribution in [0, 0.1) is 5.92 Å². The van der Waals surface area contributed by atoms with E-state index in [-0.39, 0.29) is 25.0 Å². The molecule has 2 aliphatic heterocycles. The van der Waals surface area contributed by atoms with E-state index in [0.29, 0.717) is 42.4 Å². The fourth-order valence-electron chi connectivity index (χ4n) is 6.20. The largest absolute Gasteiger partial charge is 0.497 e. The predicted octanol–water partition coefficient (Wildman–Crippen LogP) is 5.68. The van der Waals surface area contributed by atoms with E-state index in [1.165, 1.54) is 4.31 Å². The fourth-order valence-corrected chi connectivity index (χ4v) is 7.80. The van der Waals surface area contributed by atoms with Gasteiger partial charge in [-0.3, -0.25) is 14.0 Å². The van der Waals surface area contributed by atoms with Crippen molar-refractivity contribution >= 4 is 21.7 Å². The normalized spacial score (nSPS) is 19.8. The Morgan fingerprint density at radius 3 is 2.40 bits per heavy atom. The summed E-state index contributed by atoms with van der Waals surface area (Å²) in [6.45, 7) is 3.22. The number of sulfonamides is 1. The van der Waals surface area contributed by atoms with Gasteiger partial charge in [0.25, 0.3) is 0 Å². The fraction of sp³-hybridized carbons (Fsp3) is 0.424. The van der Waals surface area contributed by atoms with Crippen molar-refractivity contribution in [2.75, 3.05) is 43.6 Å². The molecule has 9 nitrogen and oxygen atoms in total. The molecule has 2 aliphatic rings. The van der Waals surface area contributed by atoms with E-state index in [1.807, 2.05) is 72.8 Å². The third-order valence-corrected chi connectivity index (χ3v) is 10.3. The van der Waals surface area contributed by atoms with Gasteiger partial charge in [0.1, 0.15) is 5.75 Å². The third-order valence-electron chi connectivity index (χ3n) is 8.39. The van der Waals surface area contributed by atoms with Crippen LogP contribution in [0.3, 0.4) is 0 Å². The van der Waals surface area contributed by atoms with Crippen molar-refractivity contribution in [3.63, 3.8) is 0 Å². The van der Waals surface area contributed by atoms with E-state index >= 15 is 0 Å². The van der Waals surface area contributed by atoms with Gasteiger partial charge in [0.15, 0.2) is 11.5 Å². The molecule has 2 heterocycles. The Labute approximate surface area is 254 Å². The maximum atomic E-state index is 13.7. The van der Waals surface area contributed by atoms with E-state index in [1.54, 1.807) is 7.11 Å². The van der Waals surface area contributed by atoms with E-state index in [9.17, 15) is 18.3 Å². The first-order valence-electron chi connectivity index (χ1n) is 14.9. The lowest BCUT2D eigenvalue weighted by molar-refractivity contribution is -0.143. The number of hydrogen-bond donors (Lipinski definition) is 1. The van der Waals surface area contributed by atoms with Crippen LogP contribution in [0.1, 0.15) is 55.7 Å². The average molecular weight is 609 g/mol. The van der Waals surface area contributed by atoms with Gasteiger partial charge >= 0.3 is 5.97 Å². The third kappa shape index (κ3) is 6.91. The van der Waals surface area contributed by atoms with Crippen LogP contribution in [0.5, 0.6) is 17.2 Å². The molecule has 3 atom stereocenters. The molecule has 0 aromatic heterocycles. The number of fused-ring (bicyclic) bond motifs is 1. The zero-order valence-corrected chi connectivity index (χ0v) is 25.5. The summed E-state index contributed by atoms with van der Waals surface area (Å²) in [6.07, 6.45) is 3.49. The maximum Gasteiger partial charge on any atom is 0.309 e. The van der Waals surface area contributed by atoms with Gasteiger partial charge in [-0.2, -0.15) is 0 Å². The number of hydrogen-bond acceptors (Lipinski definition) is 7. The van der Waals surface area contributed by atoms with E-state index in [0.717, 1.165) is 30.4 Å². The second-order valence-electron chi connectivity index (χ2n) is 11.1. The van der Waals surface area contributed by atoms with Crippen molar-refractivity contribution in [3.05, 3.63) is 83.9 Å². The molecule has 1 N–H and O–H groups in total. The van der Waals surface area contributed by atoms with Gasteiger partial charge in [-0.1, -0.05) is 62.6 Å². The molecular formula is C33H40N2O7S. The lowest BCUT2D eigenvalue weighted by Gasteiger charge is -2.31. The number of likely N-dealkylation sites (tertiary alicyclic amines) is 1. The Morgan fingerprint density at radius 2 is 1.70 bits per heavy atom. The number of carboxylic acids is 1. The second-order valence-corrected chi connectivity index (χ2v) is 13.1. The lowest BCUT2D eigenvalue weighted by atomic mass is 9.82. The molecule has 0 aliphatic carbocycles. The summed E-state index contributed by atoms with van der Waals surface area (Å²) >= 11 is 0. The minimum atomic E-state index is -3.60. The van der Waals surface area contributed by atoms with Gasteiger partial charge in [0.2, 0.25) is 16.8 Å². The van der Waals surface area contributed by atoms with E-state index < -0.39 is 28.0 Å². The molecule has 3 unspecified atom stereocenters. The zero-order valence-electron chi connectivity index (χ0n) is 24.7. The number of ether oxygens (including phenoxy) is 3. The smallest absolute Gasteiger partial charge is 0.309 e. The summed E-state index contributed by atoms with van der Waals surface area (Å²) in [7, 11) is -2.01. The van der Waals surface area contributed by atoms with Gasteiger partial charge in [0.05, 0.1) is 24.5 Å². The first-order valence-corrected chi connectivity index (χ1v) is 16.5. The SMILES string of the molecule is CCCCCCS(=O)(=O)N(CCN1CC(c2ccc3c(c2)OCO3)C(C(=O)O)C1c1ccc(OC)cc1)c1ccccc1. The predicted molar refractivity (Wildman–Crippen MR) is 165 cm³/mol. The van der Waals surface area contributed by atoms with Gasteiger partial charge in [0, 0.05) is 31.6 Å². The van der Waals surface area contributed by atoms with Crippen LogP contribution in [0.25, 0.3) is 0 Å². The quantitative estimate of drug-likeness (QED) is 0.233. The molecule has 5 rings (SSSR count). The highest BCUT2D eigenvalue weighted by Gasteiger charge is 2.47. The summed E-state index contributed by atoms with van der Waals surface area (Å²) in [5, 5.41) is 10.6. The lowest BCUT2D eigenvalue weighted by Crippen LogP contribution is -2.40. The van der Waals surface area contributed by atoms with Gasteiger partial charge in [-0.25, -0.2) is 8.42 Å². The number of benzene rings is 3. The Morgan fingerprint density at radius 1 is 0.977 bits per heavy atom.